The van der Waals surface area contributed by atoms with Gasteiger partial charge in [-0.3, -0.25) is 14.2 Å². The van der Waals surface area contributed by atoms with Crippen molar-refractivity contribution in [3.05, 3.63) is 70.7 Å². The number of amides is 1. The maximum absolute atomic E-state index is 12.2. The van der Waals surface area contributed by atoms with Crippen molar-refractivity contribution in [1.82, 2.24) is 9.88 Å². The van der Waals surface area contributed by atoms with E-state index < -0.39 is 36.3 Å². The zero-order valence-electron chi connectivity index (χ0n) is 17.6. The van der Waals surface area contributed by atoms with Crippen molar-refractivity contribution in [2.24, 2.45) is 0 Å². The van der Waals surface area contributed by atoms with Crippen LogP contribution < -0.4 is 11.1 Å². The summed E-state index contributed by atoms with van der Waals surface area (Å²) in [7, 11) is 1.24. The summed E-state index contributed by atoms with van der Waals surface area (Å²) in [5.74, 6) is -2.28. The Bertz CT molecular complexity index is 1130. The lowest BCUT2D eigenvalue weighted by atomic mass is 10.1. The highest BCUT2D eigenvalue weighted by atomic mass is 16.5. The molecule has 0 bridgehead atoms. The number of carbonyl (C=O) groups is 3. The van der Waals surface area contributed by atoms with Crippen molar-refractivity contribution in [2.45, 2.75) is 31.8 Å². The Morgan fingerprint density at radius 1 is 1.06 bits per heavy atom. The van der Waals surface area contributed by atoms with Crippen molar-refractivity contribution in [3.8, 4) is 0 Å². The standard InChI is InChI=1S/C23H24N2O7/c1-30-22(28)17(14-16-8-3-2-4-9-16)24-20(26)15-31-21(27)12-7-13-25-18-10-5-6-11-19(18)32-23(25)29/h2-6,8-11,17H,7,12-15H2,1H3,(H,24,26). The summed E-state index contributed by atoms with van der Waals surface area (Å²) >= 11 is 0. The average molecular weight is 440 g/mol. The smallest absolute Gasteiger partial charge is 0.419 e. The van der Waals surface area contributed by atoms with E-state index in [0.717, 1.165) is 5.56 Å². The van der Waals surface area contributed by atoms with Crippen LogP contribution in [0.2, 0.25) is 0 Å². The van der Waals surface area contributed by atoms with E-state index in [-0.39, 0.29) is 19.4 Å². The van der Waals surface area contributed by atoms with E-state index in [1.54, 1.807) is 24.3 Å². The quantitative estimate of drug-likeness (QED) is 0.478. The number of carbonyl (C=O) groups excluding carboxylic acids is 3. The van der Waals surface area contributed by atoms with E-state index in [2.05, 4.69) is 5.32 Å². The molecule has 1 amide bonds. The molecule has 1 heterocycles. The summed E-state index contributed by atoms with van der Waals surface area (Å²) in [6.45, 7) is -0.242. The lowest BCUT2D eigenvalue weighted by Gasteiger charge is -2.16. The lowest BCUT2D eigenvalue weighted by Crippen LogP contribution is -2.44. The summed E-state index contributed by atoms with van der Waals surface area (Å²) in [5, 5.41) is 2.53. The number of para-hydroxylation sites is 2. The first-order valence-electron chi connectivity index (χ1n) is 10.1. The van der Waals surface area contributed by atoms with Crippen LogP contribution in [0, 0.1) is 0 Å². The van der Waals surface area contributed by atoms with Crippen LogP contribution in [0.3, 0.4) is 0 Å². The summed E-state index contributed by atoms with van der Waals surface area (Å²) in [6.07, 6.45) is 0.604. The molecule has 1 N–H and O–H groups in total. The maximum Gasteiger partial charge on any atom is 0.419 e. The van der Waals surface area contributed by atoms with Gasteiger partial charge < -0.3 is 19.2 Å². The zero-order valence-corrected chi connectivity index (χ0v) is 17.6. The Balaban J connectivity index is 1.45. The third-order valence-electron chi connectivity index (χ3n) is 4.80. The van der Waals surface area contributed by atoms with Gasteiger partial charge in [0.05, 0.1) is 12.6 Å². The molecule has 0 spiro atoms. The number of oxazole rings is 1. The number of fused-ring (bicyclic) bond motifs is 1. The monoisotopic (exact) mass is 440 g/mol. The number of aryl methyl sites for hydroxylation is 1. The Hall–Kier alpha value is -3.88. The van der Waals surface area contributed by atoms with Crippen molar-refractivity contribution in [2.75, 3.05) is 13.7 Å². The highest BCUT2D eigenvalue weighted by molar-refractivity contribution is 5.86. The molecule has 168 valence electrons. The van der Waals surface area contributed by atoms with Gasteiger partial charge in [-0.15, -0.1) is 0 Å². The molecule has 1 unspecified atom stereocenters. The summed E-state index contributed by atoms with van der Waals surface area (Å²) < 4.78 is 16.3. The van der Waals surface area contributed by atoms with Crippen molar-refractivity contribution in [1.29, 1.82) is 0 Å². The van der Waals surface area contributed by atoms with Crippen LogP contribution in [-0.4, -0.2) is 42.2 Å². The number of rotatable bonds is 10. The molecule has 0 saturated carbocycles. The van der Waals surface area contributed by atoms with E-state index >= 15 is 0 Å². The lowest BCUT2D eigenvalue weighted by molar-refractivity contribution is -0.150. The third-order valence-corrected chi connectivity index (χ3v) is 4.80. The molecule has 3 rings (SSSR count). The largest absolute Gasteiger partial charge is 0.467 e. The van der Waals surface area contributed by atoms with Crippen LogP contribution in [0.4, 0.5) is 0 Å². The molecule has 0 aliphatic rings. The number of methoxy groups -OCH3 is 1. The molecule has 1 atom stereocenters. The molecule has 0 radical (unpaired) electrons. The fourth-order valence-electron chi connectivity index (χ4n) is 3.25. The summed E-state index contributed by atoms with van der Waals surface area (Å²) in [4.78, 5) is 48.1. The van der Waals surface area contributed by atoms with Gasteiger partial charge in [0.25, 0.3) is 5.91 Å². The van der Waals surface area contributed by atoms with Crippen LogP contribution in [0.5, 0.6) is 0 Å². The highest BCUT2D eigenvalue weighted by Gasteiger charge is 2.22. The fraction of sp³-hybridized carbons (Fsp3) is 0.304. The van der Waals surface area contributed by atoms with Gasteiger partial charge in [0.2, 0.25) is 0 Å². The van der Waals surface area contributed by atoms with Crippen LogP contribution in [-0.2, 0) is 36.8 Å². The van der Waals surface area contributed by atoms with Gasteiger partial charge in [0, 0.05) is 19.4 Å². The molecule has 0 fully saturated rings. The number of nitrogens with zero attached hydrogens (tertiary/aromatic N) is 1. The van der Waals surface area contributed by atoms with Gasteiger partial charge in [-0.2, -0.15) is 0 Å². The molecule has 2 aromatic carbocycles. The molecule has 0 aliphatic heterocycles. The predicted octanol–water partition coefficient (Wildman–Crippen LogP) is 1.82. The SMILES string of the molecule is COC(=O)C(Cc1ccccc1)NC(=O)COC(=O)CCCn1c(=O)oc2ccccc21. The number of benzene rings is 2. The Morgan fingerprint density at radius 2 is 1.78 bits per heavy atom. The molecule has 0 saturated heterocycles. The Morgan fingerprint density at radius 3 is 2.53 bits per heavy atom. The fourth-order valence-corrected chi connectivity index (χ4v) is 3.25. The van der Waals surface area contributed by atoms with E-state index in [1.807, 2.05) is 30.3 Å². The van der Waals surface area contributed by atoms with Gasteiger partial charge in [-0.05, 0) is 24.1 Å². The Labute approximate surface area is 183 Å². The van der Waals surface area contributed by atoms with Crippen LogP contribution >= 0.6 is 0 Å². The molecular formula is C23H24N2O7. The van der Waals surface area contributed by atoms with Crippen LogP contribution in [0.1, 0.15) is 18.4 Å². The topological polar surface area (TPSA) is 117 Å². The van der Waals surface area contributed by atoms with Crippen LogP contribution in [0.25, 0.3) is 11.1 Å². The first-order valence-corrected chi connectivity index (χ1v) is 10.1. The Kier molecular flexibility index (Phi) is 7.80. The molecule has 9 nitrogen and oxygen atoms in total. The second-order valence-corrected chi connectivity index (χ2v) is 7.08. The number of nitrogens with one attached hydrogen (secondary N) is 1. The van der Waals surface area contributed by atoms with Crippen molar-refractivity contribution in [3.63, 3.8) is 0 Å². The minimum atomic E-state index is -0.894. The molecule has 32 heavy (non-hydrogen) atoms. The van der Waals surface area contributed by atoms with Gasteiger partial charge in [-0.1, -0.05) is 42.5 Å². The second kappa shape index (κ2) is 10.9. The van der Waals surface area contributed by atoms with Gasteiger partial charge in [0.15, 0.2) is 12.2 Å². The molecule has 9 heteroatoms. The minimum absolute atomic E-state index is 0.0175. The van der Waals surface area contributed by atoms with E-state index in [0.29, 0.717) is 17.5 Å². The second-order valence-electron chi connectivity index (χ2n) is 7.08. The van der Waals surface area contributed by atoms with Gasteiger partial charge in [0.1, 0.15) is 6.04 Å². The molecular weight excluding hydrogens is 416 g/mol. The normalized spacial score (nSPS) is 11.7. The van der Waals surface area contributed by atoms with Gasteiger partial charge in [-0.25, -0.2) is 9.59 Å². The number of aromatic nitrogens is 1. The first-order chi connectivity index (χ1) is 15.5. The number of esters is 2. The number of ether oxygens (including phenoxy) is 2. The maximum atomic E-state index is 12.2. The van der Waals surface area contributed by atoms with Crippen molar-refractivity contribution >= 4 is 28.9 Å². The van der Waals surface area contributed by atoms with Crippen LogP contribution in [0.15, 0.2) is 63.8 Å². The van der Waals surface area contributed by atoms with E-state index in [1.165, 1.54) is 11.7 Å². The summed E-state index contributed by atoms with van der Waals surface area (Å²) in [6, 6.07) is 15.3. The number of hydrogen-bond acceptors (Lipinski definition) is 7. The van der Waals surface area contributed by atoms with E-state index in [4.69, 9.17) is 13.9 Å². The van der Waals surface area contributed by atoms with Gasteiger partial charge >= 0.3 is 17.7 Å². The average Bonchev–Trinajstić information content (AvgIpc) is 3.12. The van der Waals surface area contributed by atoms with E-state index in [9.17, 15) is 19.2 Å². The molecule has 0 aliphatic carbocycles. The first kappa shape index (κ1) is 22.8. The number of hydrogen-bond donors (Lipinski definition) is 1. The predicted molar refractivity (Wildman–Crippen MR) is 115 cm³/mol. The highest BCUT2D eigenvalue weighted by Crippen LogP contribution is 2.12. The third kappa shape index (κ3) is 6.07. The molecule has 3 aromatic rings. The summed E-state index contributed by atoms with van der Waals surface area (Å²) in [5.41, 5.74) is 1.98. The van der Waals surface area contributed by atoms with Crippen molar-refractivity contribution < 1.29 is 28.3 Å². The zero-order chi connectivity index (χ0) is 22.9. The molecule has 1 aromatic heterocycles. The minimum Gasteiger partial charge on any atom is -0.467 e.